The average Bonchev–Trinajstić information content (AvgIpc) is 3.24. The van der Waals surface area contributed by atoms with E-state index in [0.29, 0.717) is 21.2 Å². The van der Waals surface area contributed by atoms with E-state index in [1.807, 2.05) is 0 Å². The van der Waals surface area contributed by atoms with Crippen LogP contribution in [0, 0.1) is 11.6 Å². The predicted molar refractivity (Wildman–Crippen MR) is 123 cm³/mol. The maximum atomic E-state index is 13.6. The van der Waals surface area contributed by atoms with E-state index < -0.39 is 17.5 Å². The molecule has 0 bridgehead atoms. The van der Waals surface area contributed by atoms with E-state index in [1.54, 1.807) is 24.3 Å². The summed E-state index contributed by atoms with van der Waals surface area (Å²) in [6.45, 7) is 0. The second-order valence-corrected chi connectivity index (χ2v) is 8.00. The van der Waals surface area contributed by atoms with Crippen LogP contribution < -0.4 is 10.4 Å². The van der Waals surface area contributed by atoms with Crippen molar-refractivity contribution in [2.24, 2.45) is 5.10 Å². The van der Waals surface area contributed by atoms with E-state index in [9.17, 15) is 18.4 Å². The number of benzene rings is 3. The number of hydrogen-bond acceptors (Lipinski definition) is 6. The Kier molecular flexibility index (Phi) is 5.23. The van der Waals surface area contributed by atoms with Crippen LogP contribution in [-0.2, 0) is 0 Å². The molecule has 0 radical (unpaired) electrons. The van der Waals surface area contributed by atoms with E-state index in [4.69, 9.17) is 4.42 Å². The Labute approximate surface area is 189 Å². The van der Waals surface area contributed by atoms with Crippen LogP contribution in [0.3, 0.4) is 0 Å². The zero-order valence-electron chi connectivity index (χ0n) is 16.7. The lowest BCUT2D eigenvalue weighted by molar-refractivity contribution is 0.0988. The monoisotopic (exact) mass is 461 g/mol. The molecule has 0 spiro atoms. The summed E-state index contributed by atoms with van der Waals surface area (Å²) in [5.74, 6) is -1.53. The molecule has 5 aromatic rings. The van der Waals surface area contributed by atoms with Crippen molar-refractivity contribution in [2.75, 3.05) is 5.01 Å². The maximum Gasteiger partial charge on any atom is 0.280 e. The summed E-state index contributed by atoms with van der Waals surface area (Å²) in [5.41, 5.74) is 0.865. The van der Waals surface area contributed by atoms with Crippen molar-refractivity contribution in [1.82, 2.24) is 4.98 Å². The van der Waals surface area contributed by atoms with Crippen molar-refractivity contribution in [2.45, 2.75) is 0 Å². The molecule has 3 aromatic carbocycles. The van der Waals surface area contributed by atoms with E-state index >= 15 is 0 Å². The Morgan fingerprint density at radius 3 is 2.61 bits per heavy atom. The molecule has 5 rings (SSSR count). The van der Waals surface area contributed by atoms with Crippen LogP contribution in [0.4, 0.5) is 13.9 Å². The summed E-state index contributed by atoms with van der Waals surface area (Å²) in [6.07, 6.45) is 2.45. The Balaban J connectivity index is 1.60. The maximum absolute atomic E-state index is 13.6. The number of carbonyl (C=O) groups is 1. The minimum Gasteiger partial charge on any atom is -0.463 e. The highest BCUT2D eigenvalue weighted by Crippen LogP contribution is 2.30. The first-order chi connectivity index (χ1) is 16.0. The number of para-hydroxylation sites is 1. The minimum atomic E-state index is -0.601. The van der Waals surface area contributed by atoms with Crippen molar-refractivity contribution < 1.29 is 18.0 Å². The molecule has 0 aliphatic rings. The second kappa shape index (κ2) is 8.36. The van der Waals surface area contributed by atoms with Crippen LogP contribution >= 0.6 is 11.3 Å². The molecule has 162 valence electrons. The molecular formula is C24H13F2N3O3S. The third-order valence-electron chi connectivity index (χ3n) is 4.82. The van der Waals surface area contributed by atoms with Gasteiger partial charge in [-0.05, 0) is 54.6 Å². The van der Waals surface area contributed by atoms with Gasteiger partial charge < -0.3 is 4.42 Å². The highest BCUT2D eigenvalue weighted by Gasteiger charge is 2.21. The smallest absolute Gasteiger partial charge is 0.280 e. The van der Waals surface area contributed by atoms with Crippen LogP contribution in [-0.4, -0.2) is 17.1 Å². The fourth-order valence-electron chi connectivity index (χ4n) is 3.18. The summed E-state index contributed by atoms with van der Waals surface area (Å²) < 4.78 is 33.0. The average molecular weight is 461 g/mol. The number of fused-ring (bicyclic) bond motifs is 2. The molecule has 6 nitrogen and oxygen atoms in total. The largest absolute Gasteiger partial charge is 0.463 e. The summed E-state index contributed by atoms with van der Waals surface area (Å²) >= 11 is 1.05. The topological polar surface area (TPSA) is 75.8 Å². The Bertz CT molecular complexity index is 1590. The second-order valence-electron chi connectivity index (χ2n) is 6.99. The highest BCUT2D eigenvalue weighted by molar-refractivity contribution is 7.22. The molecule has 0 aliphatic heterocycles. The number of carbonyl (C=O) groups excluding carboxylic acids is 1. The van der Waals surface area contributed by atoms with Gasteiger partial charge in [-0.25, -0.2) is 13.8 Å². The molecule has 9 heteroatoms. The third kappa shape index (κ3) is 4.01. The SMILES string of the molecule is O=C(c1ccc(F)cc1)N(/N=C/c1coc2ccccc2c1=O)c1nc2ccc(F)cc2s1. The number of thiazole rings is 1. The normalized spacial score (nSPS) is 11.5. The van der Waals surface area contributed by atoms with Crippen molar-refractivity contribution in [3.8, 4) is 0 Å². The van der Waals surface area contributed by atoms with Crippen LogP contribution in [0.5, 0.6) is 0 Å². The molecule has 33 heavy (non-hydrogen) atoms. The van der Waals surface area contributed by atoms with Gasteiger partial charge >= 0.3 is 0 Å². The molecule has 0 N–H and O–H groups in total. The predicted octanol–water partition coefficient (Wildman–Crippen LogP) is 5.36. The fraction of sp³-hybridized carbons (Fsp3) is 0. The first-order valence-electron chi connectivity index (χ1n) is 9.70. The van der Waals surface area contributed by atoms with Crippen molar-refractivity contribution in [3.05, 3.63) is 106 Å². The van der Waals surface area contributed by atoms with Crippen molar-refractivity contribution in [1.29, 1.82) is 0 Å². The number of aromatic nitrogens is 1. The van der Waals surface area contributed by atoms with Gasteiger partial charge in [0.1, 0.15) is 23.5 Å². The zero-order chi connectivity index (χ0) is 22.9. The number of hydrazone groups is 1. The Morgan fingerprint density at radius 2 is 1.79 bits per heavy atom. The lowest BCUT2D eigenvalue weighted by Gasteiger charge is -2.13. The number of nitrogens with zero attached hydrogens (tertiary/aromatic N) is 3. The summed E-state index contributed by atoms with van der Waals surface area (Å²) in [5, 5.41) is 5.73. The molecule has 0 unspecified atom stereocenters. The summed E-state index contributed by atoms with van der Waals surface area (Å²) in [4.78, 5) is 30.4. The first-order valence-corrected chi connectivity index (χ1v) is 10.5. The van der Waals surface area contributed by atoms with Gasteiger partial charge in [-0.2, -0.15) is 10.1 Å². The van der Waals surface area contributed by atoms with Crippen LogP contribution in [0.25, 0.3) is 21.2 Å². The third-order valence-corrected chi connectivity index (χ3v) is 5.82. The number of halogens is 2. The van der Waals surface area contributed by atoms with Crippen LogP contribution in [0.15, 0.2) is 87.3 Å². The minimum absolute atomic E-state index is 0.123. The van der Waals surface area contributed by atoms with Gasteiger partial charge in [-0.3, -0.25) is 9.59 Å². The summed E-state index contributed by atoms with van der Waals surface area (Å²) in [6, 6.07) is 15.8. The molecule has 0 fully saturated rings. The van der Waals surface area contributed by atoms with Gasteiger partial charge in [0.2, 0.25) is 10.6 Å². The van der Waals surface area contributed by atoms with E-state index in [2.05, 4.69) is 10.1 Å². The molecule has 1 amide bonds. The Morgan fingerprint density at radius 1 is 1.03 bits per heavy atom. The molecule has 0 saturated heterocycles. The lowest BCUT2D eigenvalue weighted by Crippen LogP contribution is -2.26. The van der Waals surface area contributed by atoms with Gasteiger partial charge in [-0.15, -0.1) is 0 Å². The van der Waals surface area contributed by atoms with Gasteiger partial charge in [0.15, 0.2) is 0 Å². The molecular weight excluding hydrogens is 448 g/mol. The number of amides is 1. The van der Waals surface area contributed by atoms with Gasteiger partial charge in [0.05, 0.1) is 27.4 Å². The van der Waals surface area contributed by atoms with E-state index in [1.165, 1.54) is 42.8 Å². The van der Waals surface area contributed by atoms with Crippen molar-refractivity contribution >= 4 is 49.8 Å². The fourth-order valence-corrected chi connectivity index (χ4v) is 4.13. The molecule has 2 aromatic heterocycles. The van der Waals surface area contributed by atoms with E-state index in [0.717, 1.165) is 28.5 Å². The standard InChI is InChI=1S/C24H13F2N3O3S/c25-16-7-5-14(6-8-16)23(31)29(24-28-19-10-9-17(26)11-21(19)33-24)27-12-15-13-32-20-4-2-1-3-18(20)22(15)30/h1-13H/b27-12+. The highest BCUT2D eigenvalue weighted by atomic mass is 32.1. The molecule has 0 atom stereocenters. The number of hydrogen-bond donors (Lipinski definition) is 0. The van der Waals surface area contributed by atoms with Gasteiger partial charge in [0, 0.05) is 5.56 Å². The van der Waals surface area contributed by atoms with Crippen LogP contribution in [0.1, 0.15) is 15.9 Å². The molecule has 0 saturated carbocycles. The lowest BCUT2D eigenvalue weighted by atomic mass is 10.2. The Hall–Kier alpha value is -4.24. The first kappa shape index (κ1) is 20.7. The quantitative estimate of drug-likeness (QED) is 0.267. The van der Waals surface area contributed by atoms with Gasteiger partial charge in [-0.1, -0.05) is 23.5 Å². The number of rotatable bonds is 4. The molecule has 2 heterocycles. The van der Waals surface area contributed by atoms with E-state index in [-0.39, 0.29) is 21.7 Å². The summed E-state index contributed by atoms with van der Waals surface area (Å²) in [7, 11) is 0. The number of anilines is 1. The van der Waals surface area contributed by atoms with Crippen molar-refractivity contribution in [3.63, 3.8) is 0 Å². The zero-order valence-corrected chi connectivity index (χ0v) is 17.6. The van der Waals surface area contributed by atoms with Crippen LogP contribution in [0.2, 0.25) is 0 Å². The molecule has 0 aliphatic carbocycles. The van der Waals surface area contributed by atoms with Gasteiger partial charge in [0.25, 0.3) is 5.91 Å².